The molecule has 1 saturated carbocycles. The van der Waals surface area contributed by atoms with E-state index in [1.165, 1.54) is 53.4 Å². The Labute approximate surface area is 268 Å². The summed E-state index contributed by atoms with van der Waals surface area (Å²) in [6, 6.07) is 13.3. The third kappa shape index (κ3) is 5.42. The zero-order chi connectivity index (χ0) is 31.9. The number of aromatic nitrogens is 2. The first kappa shape index (κ1) is 30.6. The van der Waals surface area contributed by atoms with Gasteiger partial charge in [-0.25, -0.2) is 9.78 Å². The van der Waals surface area contributed by atoms with Crippen molar-refractivity contribution in [1.29, 1.82) is 0 Å². The first-order valence-corrected chi connectivity index (χ1v) is 16.9. The smallest absolute Gasteiger partial charge is 0.444 e. The predicted octanol–water partition coefficient (Wildman–Crippen LogP) is 8.12. The molecule has 0 spiro atoms. The van der Waals surface area contributed by atoms with E-state index in [9.17, 15) is 4.79 Å². The van der Waals surface area contributed by atoms with Crippen molar-refractivity contribution in [2.24, 2.45) is 5.92 Å². The number of nitrogens with zero attached hydrogens (tertiary/aromatic N) is 2. The SMILES string of the molecule is C[C@@H]1C[C@@H](c2ncc(-c3ccc(-c4ccc(B5OC(C)(C)C(C)(C)O5)c5c4C4CCC5CC4)cc3)[nH]2)N(C(=O)OC(C)(C)C)C1. The van der Waals surface area contributed by atoms with E-state index in [1.807, 2.05) is 31.9 Å². The van der Waals surface area contributed by atoms with Crippen molar-refractivity contribution < 1.29 is 18.8 Å². The number of hydrogen-bond acceptors (Lipinski definition) is 5. The Balaban J connectivity index is 1.16. The molecule has 3 aromatic rings. The monoisotopic (exact) mass is 609 g/mol. The van der Waals surface area contributed by atoms with Crippen molar-refractivity contribution in [3.8, 4) is 22.4 Å². The summed E-state index contributed by atoms with van der Waals surface area (Å²) in [7, 11) is -0.330. The van der Waals surface area contributed by atoms with Crippen LogP contribution in [0, 0.1) is 5.92 Å². The molecular weight excluding hydrogens is 561 g/mol. The summed E-state index contributed by atoms with van der Waals surface area (Å²) in [6.07, 6.45) is 7.49. The van der Waals surface area contributed by atoms with E-state index in [-0.39, 0.29) is 30.5 Å². The van der Waals surface area contributed by atoms with Gasteiger partial charge in [0.1, 0.15) is 11.4 Å². The van der Waals surface area contributed by atoms with E-state index in [4.69, 9.17) is 19.0 Å². The van der Waals surface area contributed by atoms with Crippen molar-refractivity contribution in [3.05, 3.63) is 59.5 Å². The van der Waals surface area contributed by atoms with Gasteiger partial charge in [0.2, 0.25) is 0 Å². The van der Waals surface area contributed by atoms with Crippen LogP contribution in [0.3, 0.4) is 0 Å². The number of fused-ring (bicyclic) bond motifs is 2. The Morgan fingerprint density at radius 2 is 1.53 bits per heavy atom. The fourth-order valence-electron chi connectivity index (χ4n) is 7.96. The molecule has 7 nitrogen and oxygen atoms in total. The van der Waals surface area contributed by atoms with Crippen molar-refractivity contribution >= 4 is 18.7 Å². The van der Waals surface area contributed by atoms with E-state index < -0.39 is 5.60 Å². The van der Waals surface area contributed by atoms with Gasteiger partial charge in [-0.1, -0.05) is 43.3 Å². The lowest BCUT2D eigenvalue weighted by Crippen LogP contribution is -2.41. The van der Waals surface area contributed by atoms with Gasteiger partial charge in [0.25, 0.3) is 0 Å². The summed E-state index contributed by atoms with van der Waals surface area (Å²) in [5.41, 5.74) is 7.59. The number of carbonyl (C=O) groups excluding carboxylic acids is 1. The lowest BCUT2D eigenvalue weighted by molar-refractivity contribution is 0.00578. The highest BCUT2D eigenvalue weighted by atomic mass is 16.7. The van der Waals surface area contributed by atoms with Gasteiger partial charge < -0.3 is 19.0 Å². The van der Waals surface area contributed by atoms with Gasteiger partial charge >= 0.3 is 13.2 Å². The molecule has 3 aliphatic carbocycles. The highest BCUT2D eigenvalue weighted by molar-refractivity contribution is 6.62. The van der Waals surface area contributed by atoms with E-state index in [0.29, 0.717) is 24.3 Å². The van der Waals surface area contributed by atoms with Crippen LogP contribution in [0.2, 0.25) is 0 Å². The summed E-state index contributed by atoms with van der Waals surface area (Å²) < 4.78 is 18.8. The Bertz CT molecular complexity index is 1580. The minimum atomic E-state index is -0.533. The van der Waals surface area contributed by atoms with Crippen molar-refractivity contribution in [3.63, 3.8) is 0 Å². The topological polar surface area (TPSA) is 76.7 Å². The van der Waals surface area contributed by atoms with Crippen molar-refractivity contribution in [1.82, 2.24) is 14.9 Å². The molecule has 2 saturated heterocycles. The second-order valence-corrected chi connectivity index (χ2v) is 15.9. The Morgan fingerprint density at radius 3 is 2.16 bits per heavy atom. The standard InChI is InChI=1S/C37H48BN3O4/c1-22-19-30(41(21-22)34(42)43-35(2,3)4)33-39-20-29(40-33)24-11-9-23(10-12-24)27-17-18-28(38-44-36(5,6)37(7,8)45-38)32-26-15-13-25(14-16-26)31(27)32/h9-12,17-18,20,22,25-26,30H,13-16,19,21H2,1-8H3,(H,39,40)/t22-,25?,26?,30+/m1/s1. The number of carbonyl (C=O) groups is 1. The number of H-pyrrole nitrogens is 1. The van der Waals surface area contributed by atoms with Crippen LogP contribution in [0.1, 0.15) is 122 Å². The second-order valence-electron chi connectivity index (χ2n) is 15.9. The Morgan fingerprint density at radius 1 is 0.933 bits per heavy atom. The summed E-state index contributed by atoms with van der Waals surface area (Å²) >= 11 is 0. The molecule has 8 heteroatoms. The molecule has 238 valence electrons. The molecule has 2 aromatic carbocycles. The maximum atomic E-state index is 13.0. The van der Waals surface area contributed by atoms with Crippen LogP contribution in [0.15, 0.2) is 42.6 Å². The zero-order valence-corrected chi connectivity index (χ0v) is 28.2. The number of nitrogens with one attached hydrogen (secondary N) is 1. The lowest BCUT2D eigenvalue weighted by atomic mass is 9.59. The van der Waals surface area contributed by atoms with Gasteiger partial charge in [-0.15, -0.1) is 0 Å². The number of ether oxygens (including phenoxy) is 1. The molecule has 3 fully saturated rings. The quantitative estimate of drug-likeness (QED) is 0.303. The summed E-state index contributed by atoms with van der Waals surface area (Å²) in [4.78, 5) is 23.1. The number of likely N-dealkylation sites (tertiary alicyclic amines) is 1. The minimum absolute atomic E-state index is 0.118. The van der Waals surface area contributed by atoms with E-state index in [1.54, 1.807) is 0 Å². The largest absolute Gasteiger partial charge is 0.495 e. The highest BCUT2D eigenvalue weighted by Crippen LogP contribution is 2.52. The number of rotatable bonds is 4. The van der Waals surface area contributed by atoms with Crippen LogP contribution in [-0.2, 0) is 14.0 Å². The fourth-order valence-corrected chi connectivity index (χ4v) is 7.96. The molecule has 0 radical (unpaired) electrons. The van der Waals surface area contributed by atoms with Gasteiger partial charge in [0.05, 0.1) is 29.1 Å². The van der Waals surface area contributed by atoms with Gasteiger partial charge in [-0.05, 0) is 132 Å². The first-order chi connectivity index (χ1) is 21.2. The summed E-state index contributed by atoms with van der Waals surface area (Å²) in [5.74, 6) is 2.35. The van der Waals surface area contributed by atoms with Gasteiger partial charge in [-0.2, -0.15) is 0 Å². The van der Waals surface area contributed by atoms with Crippen molar-refractivity contribution in [2.45, 2.75) is 122 Å². The molecule has 2 aliphatic heterocycles. The minimum Gasteiger partial charge on any atom is -0.444 e. The van der Waals surface area contributed by atoms with Gasteiger partial charge in [-0.3, -0.25) is 4.90 Å². The average molecular weight is 610 g/mol. The number of benzene rings is 2. The number of hydrogen-bond donors (Lipinski definition) is 1. The fraction of sp³-hybridized carbons (Fsp3) is 0.568. The molecule has 0 unspecified atom stereocenters. The third-order valence-corrected chi connectivity index (χ3v) is 10.9. The summed E-state index contributed by atoms with van der Waals surface area (Å²) in [6.45, 7) is 17.1. The van der Waals surface area contributed by atoms with Crippen LogP contribution in [0.4, 0.5) is 4.79 Å². The zero-order valence-electron chi connectivity index (χ0n) is 28.2. The first-order valence-electron chi connectivity index (χ1n) is 16.9. The maximum absolute atomic E-state index is 13.0. The molecule has 2 atom stereocenters. The highest BCUT2D eigenvalue weighted by Gasteiger charge is 2.53. The van der Waals surface area contributed by atoms with Crippen molar-refractivity contribution in [2.75, 3.05) is 6.54 Å². The number of amides is 1. The normalized spacial score (nSPS) is 26.8. The number of aromatic amines is 1. The molecule has 45 heavy (non-hydrogen) atoms. The van der Waals surface area contributed by atoms with Crippen LogP contribution in [0.5, 0.6) is 0 Å². The Hall–Kier alpha value is -3.10. The van der Waals surface area contributed by atoms with E-state index in [2.05, 4.69) is 76.0 Å². The second kappa shape index (κ2) is 10.7. The molecule has 1 N–H and O–H groups in total. The van der Waals surface area contributed by atoms with Crippen LogP contribution in [0.25, 0.3) is 22.4 Å². The van der Waals surface area contributed by atoms with Crippen LogP contribution >= 0.6 is 0 Å². The maximum Gasteiger partial charge on any atom is 0.495 e. The van der Waals surface area contributed by atoms with Gasteiger partial charge in [0.15, 0.2) is 0 Å². The molecule has 2 bridgehead atoms. The molecule has 1 amide bonds. The number of imidazole rings is 1. The third-order valence-electron chi connectivity index (χ3n) is 10.9. The summed E-state index contributed by atoms with van der Waals surface area (Å²) in [5, 5.41) is 0. The molecule has 1 aromatic heterocycles. The molecule has 5 aliphatic rings. The van der Waals surface area contributed by atoms with Crippen LogP contribution < -0.4 is 5.46 Å². The molecular formula is C37H48BN3O4. The molecule has 8 rings (SSSR count). The van der Waals surface area contributed by atoms with E-state index >= 15 is 0 Å². The molecule has 3 heterocycles. The lowest BCUT2D eigenvalue weighted by Gasteiger charge is -2.41. The average Bonchev–Trinajstić information content (AvgIpc) is 3.68. The Kier molecular flexibility index (Phi) is 7.29. The van der Waals surface area contributed by atoms with E-state index in [0.717, 1.165) is 23.5 Å². The van der Waals surface area contributed by atoms with Gasteiger partial charge in [0, 0.05) is 6.54 Å². The predicted molar refractivity (Wildman–Crippen MR) is 179 cm³/mol. The van der Waals surface area contributed by atoms with Crippen LogP contribution in [-0.4, -0.2) is 51.4 Å².